The number of fused-ring (bicyclic) bond motifs is 1. The van der Waals surface area contributed by atoms with Gasteiger partial charge in [-0.05, 0) is 28.6 Å². The summed E-state index contributed by atoms with van der Waals surface area (Å²) in [6.45, 7) is 0.332. The fourth-order valence-corrected chi connectivity index (χ4v) is 4.28. The van der Waals surface area contributed by atoms with Crippen LogP contribution in [0.4, 0.5) is 0 Å². The second-order valence-electron chi connectivity index (χ2n) is 7.37. The predicted octanol–water partition coefficient (Wildman–Crippen LogP) is 4.64. The summed E-state index contributed by atoms with van der Waals surface area (Å²) in [7, 11) is 0. The third-order valence-corrected chi connectivity index (χ3v) is 6.15. The van der Waals surface area contributed by atoms with Crippen LogP contribution in [0, 0.1) is 10.8 Å². The molecule has 2 heterocycles. The highest BCUT2D eigenvalue weighted by atomic mass is 35.5. The standard InChI is InChI=1S/C24H23N5O2S.2ClH/c25-23(26)15-5-3-14(4-6-15)22-19(13-21(30)31-10-9-17-2-1-11-32-17)18-8-7-16(24(27)28)12-20(18)29-22;;/h1-8,11-12,29H,9-10,13H2,(H3,25,26)(H3,27,28);2*1H. The molecule has 0 saturated carbocycles. The number of rotatable bonds is 8. The molecule has 2 aromatic carbocycles. The minimum absolute atomic E-state index is 0. The Morgan fingerprint density at radius 3 is 2.26 bits per heavy atom. The third kappa shape index (κ3) is 5.96. The fourth-order valence-electron chi connectivity index (χ4n) is 3.59. The summed E-state index contributed by atoms with van der Waals surface area (Å²) in [5, 5.41) is 18.2. The van der Waals surface area contributed by atoms with Gasteiger partial charge in [0.1, 0.15) is 11.7 Å². The fraction of sp³-hybridized carbons (Fsp3) is 0.125. The number of H-pyrrole nitrogens is 1. The molecule has 10 heteroatoms. The number of amidine groups is 2. The zero-order valence-corrected chi connectivity index (χ0v) is 20.5. The van der Waals surface area contributed by atoms with E-state index in [1.54, 1.807) is 35.6 Å². The Kier molecular flexibility index (Phi) is 9.26. The van der Waals surface area contributed by atoms with Crippen LogP contribution in [0.1, 0.15) is 21.6 Å². The summed E-state index contributed by atoms with van der Waals surface area (Å²) in [6, 6.07) is 16.7. The number of benzene rings is 2. The van der Waals surface area contributed by atoms with Gasteiger partial charge in [0.05, 0.1) is 18.7 Å². The van der Waals surface area contributed by atoms with Crippen molar-refractivity contribution >= 4 is 64.7 Å². The van der Waals surface area contributed by atoms with E-state index >= 15 is 0 Å². The molecule has 0 unspecified atom stereocenters. The van der Waals surface area contributed by atoms with E-state index in [0.717, 1.165) is 27.7 Å². The summed E-state index contributed by atoms with van der Waals surface area (Å²) < 4.78 is 5.50. The number of hydrogen-bond acceptors (Lipinski definition) is 5. The zero-order chi connectivity index (χ0) is 22.7. The van der Waals surface area contributed by atoms with E-state index in [1.807, 2.05) is 35.7 Å². The number of carbonyl (C=O) groups excluding carboxylic acids is 1. The van der Waals surface area contributed by atoms with Crippen LogP contribution >= 0.6 is 36.2 Å². The summed E-state index contributed by atoms with van der Waals surface area (Å²) in [6.07, 6.45) is 0.798. The Morgan fingerprint density at radius 2 is 1.65 bits per heavy atom. The zero-order valence-electron chi connectivity index (χ0n) is 18.1. The molecule has 7 N–H and O–H groups in total. The summed E-state index contributed by atoms with van der Waals surface area (Å²) >= 11 is 1.64. The summed E-state index contributed by atoms with van der Waals surface area (Å²) in [5.41, 5.74) is 15.7. The number of nitrogens with one attached hydrogen (secondary N) is 3. The van der Waals surface area contributed by atoms with Crippen LogP contribution < -0.4 is 11.5 Å². The van der Waals surface area contributed by atoms with E-state index < -0.39 is 0 Å². The number of thiophene rings is 1. The highest BCUT2D eigenvalue weighted by molar-refractivity contribution is 7.09. The first-order chi connectivity index (χ1) is 15.4. The Labute approximate surface area is 213 Å². The number of halogens is 2. The quantitative estimate of drug-likeness (QED) is 0.132. The maximum Gasteiger partial charge on any atom is 0.310 e. The molecule has 0 fully saturated rings. The third-order valence-electron chi connectivity index (χ3n) is 5.21. The Bertz CT molecular complexity index is 1300. The molecular weight excluding hydrogens is 493 g/mol. The van der Waals surface area contributed by atoms with Gasteiger partial charge < -0.3 is 21.2 Å². The Morgan fingerprint density at radius 1 is 0.971 bits per heavy atom. The lowest BCUT2D eigenvalue weighted by Crippen LogP contribution is -2.11. The largest absolute Gasteiger partial charge is 0.465 e. The van der Waals surface area contributed by atoms with Gasteiger partial charge in [-0.3, -0.25) is 15.6 Å². The van der Waals surface area contributed by atoms with Crippen LogP contribution in [0.3, 0.4) is 0 Å². The van der Waals surface area contributed by atoms with Crippen molar-refractivity contribution in [2.45, 2.75) is 12.8 Å². The predicted molar refractivity (Wildman–Crippen MR) is 143 cm³/mol. The van der Waals surface area contributed by atoms with E-state index in [2.05, 4.69) is 4.98 Å². The Balaban J connectivity index is 0.00000204. The molecule has 0 radical (unpaired) electrons. The van der Waals surface area contributed by atoms with Gasteiger partial charge in [-0.25, -0.2) is 0 Å². The smallest absolute Gasteiger partial charge is 0.310 e. The lowest BCUT2D eigenvalue weighted by Gasteiger charge is -2.07. The maximum absolute atomic E-state index is 12.7. The highest BCUT2D eigenvalue weighted by Crippen LogP contribution is 2.32. The van der Waals surface area contributed by atoms with Crippen LogP contribution in [0.5, 0.6) is 0 Å². The van der Waals surface area contributed by atoms with E-state index in [1.165, 1.54) is 4.88 Å². The van der Waals surface area contributed by atoms with Crippen molar-refractivity contribution in [2.24, 2.45) is 11.5 Å². The van der Waals surface area contributed by atoms with Crippen LogP contribution in [-0.2, 0) is 22.4 Å². The number of aromatic nitrogens is 1. The first-order valence-electron chi connectivity index (χ1n) is 10.0. The van der Waals surface area contributed by atoms with Gasteiger partial charge >= 0.3 is 5.97 Å². The van der Waals surface area contributed by atoms with Gasteiger partial charge in [0.15, 0.2) is 0 Å². The topological polar surface area (TPSA) is 142 Å². The lowest BCUT2D eigenvalue weighted by atomic mass is 10.0. The maximum atomic E-state index is 12.7. The van der Waals surface area contributed by atoms with Crippen molar-refractivity contribution in [3.05, 3.63) is 81.5 Å². The molecule has 4 rings (SSSR count). The molecule has 34 heavy (non-hydrogen) atoms. The second kappa shape index (κ2) is 11.7. The number of carbonyl (C=O) groups is 1. The van der Waals surface area contributed by atoms with Gasteiger partial charge in [-0.15, -0.1) is 36.2 Å². The number of hydrogen-bond donors (Lipinski definition) is 5. The number of nitrogen functional groups attached to an aromatic ring is 2. The number of esters is 1. The van der Waals surface area contributed by atoms with Crippen LogP contribution in [0.15, 0.2) is 60.0 Å². The van der Waals surface area contributed by atoms with Gasteiger partial charge in [0, 0.05) is 33.3 Å². The second-order valence-corrected chi connectivity index (χ2v) is 8.40. The molecule has 0 aliphatic rings. The van der Waals surface area contributed by atoms with Crippen molar-refractivity contribution < 1.29 is 9.53 Å². The van der Waals surface area contributed by atoms with E-state index in [4.69, 9.17) is 27.0 Å². The molecule has 4 aromatic rings. The first-order valence-corrected chi connectivity index (χ1v) is 10.9. The molecule has 0 aliphatic heterocycles. The molecule has 0 atom stereocenters. The Hall–Kier alpha value is -3.33. The number of ether oxygens (including phenoxy) is 1. The minimum Gasteiger partial charge on any atom is -0.465 e. The summed E-state index contributed by atoms with van der Waals surface area (Å²) in [5.74, 6) is -0.336. The highest BCUT2D eigenvalue weighted by Gasteiger charge is 2.18. The molecule has 7 nitrogen and oxygen atoms in total. The van der Waals surface area contributed by atoms with Crippen molar-refractivity contribution in [3.63, 3.8) is 0 Å². The average Bonchev–Trinajstić information content (AvgIpc) is 3.41. The SMILES string of the molecule is Cl.Cl.N=C(N)c1ccc(-c2[nH]c3cc(C(=N)N)ccc3c2CC(=O)OCCc2cccs2)cc1. The molecule has 0 aliphatic carbocycles. The lowest BCUT2D eigenvalue weighted by molar-refractivity contribution is -0.142. The average molecular weight is 518 g/mol. The molecule has 0 bridgehead atoms. The summed E-state index contributed by atoms with van der Waals surface area (Å²) in [4.78, 5) is 17.2. The van der Waals surface area contributed by atoms with Crippen molar-refractivity contribution in [1.29, 1.82) is 10.8 Å². The van der Waals surface area contributed by atoms with Crippen molar-refractivity contribution in [3.8, 4) is 11.3 Å². The van der Waals surface area contributed by atoms with Crippen molar-refractivity contribution in [2.75, 3.05) is 6.61 Å². The molecule has 178 valence electrons. The van der Waals surface area contributed by atoms with Gasteiger partial charge in [0.2, 0.25) is 0 Å². The monoisotopic (exact) mass is 517 g/mol. The number of aromatic amines is 1. The van der Waals surface area contributed by atoms with Crippen molar-refractivity contribution in [1.82, 2.24) is 4.98 Å². The van der Waals surface area contributed by atoms with Gasteiger partial charge in [-0.2, -0.15) is 0 Å². The molecule has 0 saturated heterocycles. The van der Waals surface area contributed by atoms with E-state index in [-0.39, 0.29) is 48.9 Å². The van der Waals surface area contributed by atoms with Gasteiger partial charge in [0.25, 0.3) is 0 Å². The van der Waals surface area contributed by atoms with Crippen LogP contribution in [-0.4, -0.2) is 29.2 Å². The van der Waals surface area contributed by atoms with Crippen LogP contribution in [0.2, 0.25) is 0 Å². The van der Waals surface area contributed by atoms with E-state index in [9.17, 15) is 4.79 Å². The molecule has 0 amide bonds. The molecule has 2 aromatic heterocycles. The minimum atomic E-state index is -0.306. The molecular formula is C24H25Cl2N5O2S. The van der Waals surface area contributed by atoms with Crippen LogP contribution in [0.25, 0.3) is 22.2 Å². The molecule has 0 spiro atoms. The normalized spacial score (nSPS) is 10.2. The first kappa shape index (κ1) is 26.9. The van der Waals surface area contributed by atoms with E-state index in [0.29, 0.717) is 24.2 Å². The van der Waals surface area contributed by atoms with Gasteiger partial charge in [-0.1, -0.05) is 42.5 Å². The number of nitrogens with two attached hydrogens (primary N) is 2.